The Kier molecular flexibility index (Phi) is 7.18. The van der Waals surface area contributed by atoms with E-state index < -0.39 is 44.7 Å². The van der Waals surface area contributed by atoms with Crippen molar-refractivity contribution in [2.45, 2.75) is 75.4 Å². The summed E-state index contributed by atoms with van der Waals surface area (Å²) >= 11 is 0. The molecule has 2 atom stereocenters. The van der Waals surface area contributed by atoms with Gasteiger partial charge in [0.05, 0.1) is 17.6 Å². The fourth-order valence-electron chi connectivity index (χ4n) is 5.54. The van der Waals surface area contributed by atoms with Gasteiger partial charge in [-0.1, -0.05) is 31.0 Å². The number of sulfone groups is 1. The van der Waals surface area contributed by atoms with Crippen molar-refractivity contribution in [2.24, 2.45) is 5.92 Å². The molecule has 0 unspecified atom stereocenters. The predicted molar refractivity (Wildman–Crippen MR) is 142 cm³/mol. The minimum atomic E-state index is -4.64. The highest BCUT2D eigenvalue weighted by Gasteiger charge is 2.53. The Morgan fingerprint density at radius 3 is 2.42 bits per heavy atom. The van der Waals surface area contributed by atoms with Crippen LogP contribution in [0.1, 0.15) is 69.9 Å². The summed E-state index contributed by atoms with van der Waals surface area (Å²) in [6.07, 6.45) is -0.912. The van der Waals surface area contributed by atoms with Gasteiger partial charge in [0.15, 0.2) is 9.84 Å². The summed E-state index contributed by atoms with van der Waals surface area (Å²) in [6, 6.07) is 9.25. The van der Waals surface area contributed by atoms with Crippen molar-refractivity contribution in [3.8, 4) is 17.3 Å². The van der Waals surface area contributed by atoms with E-state index in [0.29, 0.717) is 36.9 Å². The van der Waals surface area contributed by atoms with Crippen molar-refractivity contribution >= 4 is 21.4 Å². The molecular weight excluding hydrogens is 545 g/mol. The van der Waals surface area contributed by atoms with Gasteiger partial charge in [-0.05, 0) is 45.6 Å². The molecule has 2 aromatic rings. The van der Waals surface area contributed by atoms with E-state index in [9.17, 15) is 31.6 Å². The van der Waals surface area contributed by atoms with Crippen LogP contribution >= 0.6 is 0 Å². The van der Waals surface area contributed by atoms with Gasteiger partial charge < -0.3 is 14.6 Å². The normalized spacial score (nSPS) is 24.2. The number of rotatable bonds is 6. The Morgan fingerprint density at radius 2 is 1.80 bits per heavy atom. The van der Waals surface area contributed by atoms with Crippen LogP contribution in [0.4, 0.5) is 18.9 Å². The lowest BCUT2D eigenvalue weighted by Crippen LogP contribution is -2.42. The highest BCUT2D eigenvalue weighted by molar-refractivity contribution is 7.91. The van der Waals surface area contributed by atoms with Crippen LogP contribution in [0.5, 0.6) is 0 Å². The number of halogens is 3. The second-order valence-electron chi connectivity index (χ2n) is 11.7. The first-order valence-electron chi connectivity index (χ1n) is 13.6. The molecule has 1 aromatic carbocycles. The van der Waals surface area contributed by atoms with Crippen LogP contribution in [0.25, 0.3) is 11.3 Å². The topological polar surface area (TPSA) is 116 Å². The van der Waals surface area contributed by atoms with Crippen LogP contribution in [0.15, 0.2) is 28.7 Å². The molecule has 0 spiro atoms. The van der Waals surface area contributed by atoms with Crippen LogP contribution in [0, 0.1) is 17.2 Å². The molecule has 1 aliphatic heterocycles. The van der Waals surface area contributed by atoms with Gasteiger partial charge in [0.1, 0.15) is 22.4 Å². The molecule has 1 N–H and O–H groups in total. The van der Waals surface area contributed by atoms with Crippen LogP contribution in [-0.2, 0) is 20.0 Å². The highest BCUT2D eigenvalue weighted by atomic mass is 32.2. The lowest BCUT2D eigenvalue weighted by atomic mass is 9.76. The quantitative estimate of drug-likeness (QED) is 0.520. The van der Waals surface area contributed by atoms with E-state index in [4.69, 9.17) is 4.42 Å². The lowest BCUT2D eigenvalue weighted by Gasteiger charge is -2.32. The molecule has 1 amide bonds. The molecule has 0 bridgehead atoms. The monoisotopic (exact) mass is 578 g/mol. The van der Waals surface area contributed by atoms with Gasteiger partial charge in [-0.2, -0.15) is 18.4 Å². The second-order valence-corrected chi connectivity index (χ2v) is 14.0. The average molecular weight is 579 g/mol. The predicted octanol–water partition coefficient (Wildman–Crippen LogP) is 4.86. The Morgan fingerprint density at radius 1 is 1.15 bits per heavy atom. The fraction of sp³-hybridized carbons (Fsp3) is 0.607. The highest BCUT2D eigenvalue weighted by Crippen LogP contribution is 2.48. The number of nitrogens with one attached hydrogen (secondary N) is 1. The average Bonchev–Trinajstić information content (AvgIpc) is 3.54. The summed E-state index contributed by atoms with van der Waals surface area (Å²) in [5, 5.41) is 12.4. The molecule has 2 heterocycles. The zero-order valence-corrected chi connectivity index (χ0v) is 23.4. The van der Waals surface area contributed by atoms with E-state index in [0.717, 1.165) is 26.7 Å². The van der Waals surface area contributed by atoms with Gasteiger partial charge in [0, 0.05) is 36.2 Å². The Balaban J connectivity index is 1.60. The minimum absolute atomic E-state index is 0.0229. The standard InChI is InChI=1S/C28H33F3N4O4S/c1-26(2,28(29,30)31)25-33-22(20-9-5-6-10-21(20)35-13-15-40(37,38)16-14-35)23(39-25)18-7-3-4-8-19(18)24(36)34-27(17-32)11-12-27/h5-6,9-10,18-19H,3-4,7-8,11-16H2,1-2H3,(H,34,36)/t18-,19-/m1/s1. The maximum Gasteiger partial charge on any atom is 0.402 e. The van der Waals surface area contributed by atoms with Crippen molar-refractivity contribution in [1.29, 1.82) is 5.26 Å². The summed E-state index contributed by atoms with van der Waals surface area (Å²) in [5.41, 5.74) is -1.83. The molecule has 1 saturated heterocycles. The van der Waals surface area contributed by atoms with Gasteiger partial charge in [-0.15, -0.1) is 0 Å². The van der Waals surface area contributed by atoms with Gasteiger partial charge in [0.2, 0.25) is 11.8 Å². The third-order valence-electron chi connectivity index (χ3n) is 8.51. The SMILES string of the molecule is CC(C)(c1nc(-c2ccccc2N2CCS(=O)(=O)CC2)c([C@@H]2CCCC[C@H]2C(=O)NC2(C#N)CC2)o1)C(F)(F)F. The van der Waals surface area contributed by atoms with Crippen LogP contribution in [-0.4, -0.2) is 55.6 Å². The van der Waals surface area contributed by atoms with Crippen molar-refractivity contribution in [3.63, 3.8) is 0 Å². The number of carbonyl (C=O) groups is 1. The molecule has 5 rings (SSSR count). The van der Waals surface area contributed by atoms with E-state index in [2.05, 4.69) is 16.4 Å². The second kappa shape index (κ2) is 10.1. The van der Waals surface area contributed by atoms with Crippen LogP contribution in [0.2, 0.25) is 0 Å². The van der Waals surface area contributed by atoms with E-state index in [1.165, 1.54) is 0 Å². The molecule has 8 nitrogen and oxygen atoms in total. The number of oxazole rings is 1. The number of benzene rings is 1. The Hall–Kier alpha value is -3.07. The largest absolute Gasteiger partial charge is 0.444 e. The van der Waals surface area contributed by atoms with E-state index >= 15 is 0 Å². The maximum atomic E-state index is 14.1. The van der Waals surface area contributed by atoms with Gasteiger partial charge in [-0.3, -0.25) is 4.79 Å². The van der Waals surface area contributed by atoms with Crippen molar-refractivity contribution < 1.29 is 30.8 Å². The van der Waals surface area contributed by atoms with Crippen molar-refractivity contribution in [3.05, 3.63) is 35.9 Å². The summed E-state index contributed by atoms with van der Waals surface area (Å²) in [7, 11) is -3.16. The number of alkyl halides is 3. The molecule has 12 heteroatoms. The summed E-state index contributed by atoms with van der Waals surface area (Å²) in [6.45, 7) is 2.53. The third kappa shape index (κ3) is 5.32. The van der Waals surface area contributed by atoms with Crippen molar-refractivity contribution in [2.75, 3.05) is 29.5 Å². The number of aromatic nitrogens is 1. The zero-order chi connectivity index (χ0) is 28.9. The minimum Gasteiger partial charge on any atom is -0.444 e. The number of carbonyl (C=O) groups excluding carboxylic acids is 1. The number of anilines is 1. The van der Waals surface area contributed by atoms with Crippen molar-refractivity contribution in [1.82, 2.24) is 10.3 Å². The van der Waals surface area contributed by atoms with Gasteiger partial charge in [0.25, 0.3) is 0 Å². The summed E-state index contributed by atoms with van der Waals surface area (Å²) in [4.78, 5) is 19.8. The first kappa shape index (κ1) is 28.5. The maximum absolute atomic E-state index is 14.1. The number of hydrogen-bond acceptors (Lipinski definition) is 7. The van der Waals surface area contributed by atoms with Crippen LogP contribution < -0.4 is 10.2 Å². The number of para-hydroxylation sites is 1. The third-order valence-corrected chi connectivity index (χ3v) is 10.1. The molecular formula is C28H33F3N4O4S. The number of hydrogen-bond donors (Lipinski definition) is 1. The van der Waals surface area contributed by atoms with E-state index in [-0.39, 0.29) is 42.0 Å². The van der Waals surface area contributed by atoms with E-state index in [1.807, 2.05) is 4.90 Å². The summed E-state index contributed by atoms with van der Waals surface area (Å²) in [5.74, 6) is -1.71. The molecule has 0 radical (unpaired) electrons. The Labute approximate surface area is 231 Å². The smallest absolute Gasteiger partial charge is 0.402 e. The molecule has 1 aromatic heterocycles. The first-order valence-corrected chi connectivity index (χ1v) is 15.4. The Bertz CT molecular complexity index is 1430. The summed E-state index contributed by atoms with van der Waals surface area (Å²) < 4.78 is 72.5. The van der Waals surface area contributed by atoms with Gasteiger partial charge in [-0.25, -0.2) is 13.4 Å². The molecule has 216 valence electrons. The van der Waals surface area contributed by atoms with E-state index in [1.54, 1.807) is 24.3 Å². The van der Waals surface area contributed by atoms with Crippen LogP contribution in [0.3, 0.4) is 0 Å². The molecule has 40 heavy (non-hydrogen) atoms. The zero-order valence-electron chi connectivity index (χ0n) is 22.6. The van der Waals surface area contributed by atoms with Gasteiger partial charge >= 0.3 is 6.18 Å². The molecule has 2 saturated carbocycles. The number of nitrogens with zero attached hydrogens (tertiary/aromatic N) is 3. The molecule has 3 aliphatic rings. The lowest BCUT2D eigenvalue weighted by molar-refractivity contribution is -0.186. The molecule has 3 fully saturated rings. The number of amides is 1. The first-order chi connectivity index (χ1) is 18.8. The fourth-order valence-corrected chi connectivity index (χ4v) is 6.75. The molecule has 2 aliphatic carbocycles. The number of nitriles is 1.